The van der Waals surface area contributed by atoms with Crippen LogP contribution in [0.3, 0.4) is 0 Å². The zero-order chi connectivity index (χ0) is 31.5. The normalized spacial score (nSPS) is 13.1. The summed E-state index contributed by atoms with van der Waals surface area (Å²) in [5.74, 6) is 0. The molecule has 1 aliphatic carbocycles. The monoisotopic (exact) mass is 603 g/mol. The van der Waals surface area contributed by atoms with Crippen LogP contribution in [0.15, 0.2) is 168 Å². The number of furan rings is 1. The number of fused-ring (bicyclic) bond motifs is 6. The Labute approximate surface area is 275 Å². The third-order valence-electron chi connectivity index (χ3n) is 9.87. The highest BCUT2D eigenvalue weighted by molar-refractivity contribution is 6.06. The van der Waals surface area contributed by atoms with Crippen LogP contribution in [0.25, 0.3) is 55.3 Å². The van der Waals surface area contributed by atoms with Crippen LogP contribution in [-0.4, -0.2) is 0 Å². The van der Waals surface area contributed by atoms with E-state index in [4.69, 9.17) is 4.42 Å². The lowest BCUT2D eigenvalue weighted by atomic mass is 9.82. The summed E-state index contributed by atoms with van der Waals surface area (Å²) < 4.78 is 6.21. The molecule has 1 aromatic heterocycles. The van der Waals surface area contributed by atoms with Gasteiger partial charge in [-0.15, -0.1) is 0 Å². The van der Waals surface area contributed by atoms with Crippen molar-refractivity contribution in [1.29, 1.82) is 0 Å². The predicted octanol–water partition coefficient (Wildman–Crippen LogP) is 12.7. The molecule has 0 saturated heterocycles. The van der Waals surface area contributed by atoms with Crippen LogP contribution in [0.4, 0.5) is 17.1 Å². The molecule has 2 heteroatoms. The maximum absolute atomic E-state index is 6.21. The molecule has 0 amide bonds. The third-order valence-corrected chi connectivity index (χ3v) is 9.87. The molecule has 0 unspecified atom stereocenters. The fourth-order valence-electron chi connectivity index (χ4n) is 7.44. The molecule has 9 rings (SSSR count). The Bertz CT molecular complexity index is 2430. The van der Waals surface area contributed by atoms with E-state index in [1.807, 2.05) is 12.1 Å². The fraction of sp³-hybridized carbons (Fsp3) is 0.0667. The molecular weight excluding hydrogens is 571 g/mol. The van der Waals surface area contributed by atoms with E-state index in [1.165, 1.54) is 44.5 Å². The number of hydrogen-bond acceptors (Lipinski definition) is 2. The van der Waals surface area contributed by atoms with Gasteiger partial charge in [-0.2, -0.15) is 0 Å². The Morgan fingerprint density at radius 2 is 1.00 bits per heavy atom. The molecule has 224 valence electrons. The first-order valence-electron chi connectivity index (χ1n) is 16.3. The summed E-state index contributed by atoms with van der Waals surface area (Å²) in [5.41, 5.74) is 15.3. The van der Waals surface area contributed by atoms with Gasteiger partial charge in [-0.3, -0.25) is 0 Å². The van der Waals surface area contributed by atoms with E-state index < -0.39 is 0 Å². The second kappa shape index (κ2) is 10.6. The number of nitrogens with zero attached hydrogens (tertiary/aromatic N) is 1. The van der Waals surface area contributed by atoms with Gasteiger partial charge in [0.05, 0.1) is 0 Å². The molecule has 1 heterocycles. The largest absolute Gasteiger partial charge is 0.456 e. The molecule has 7 aromatic carbocycles. The zero-order valence-corrected chi connectivity index (χ0v) is 26.4. The first kappa shape index (κ1) is 27.5. The van der Waals surface area contributed by atoms with E-state index in [9.17, 15) is 0 Å². The maximum atomic E-state index is 6.21. The van der Waals surface area contributed by atoms with E-state index >= 15 is 0 Å². The van der Waals surface area contributed by atoms with Crippen molar-refractivity contribution in [3.8, 4) is 33.4 Å². The lowest BCUT2D eigenvalue weighted by Gasteiger charge is -2.28. The van der Waals surface area contributed by atoms with E-state index in [-0.39, 0.29) is 5.41 Å². The fourth-order valence-corrected chi connectivity index (χ4v) is 7.44. The van der Waals surface area contributed by atoms with Crippen molar-refractivity contribution >= 4 is 39.0 Å². The molecule has 8 aromatic rings. The van der Waals surface area contributed by atoms with E-state index in [2.05, 4.69) is 170 Å². The number of para-hydroxylation sites is 1. The smallest absolute Gasteiger partial charge is 0.135 e. The van der Waals surface area contributed by atoms with Gasteiger partial charge in [-0.05, 0) is 99.1 Å². The number of rotatable bonds is 5. The van der Waals surface area contributed by atoms with Crippen LogP contribution in [0.2, 0.25) is 0 Å². The van der Waals surface area contributed by atoms with Gasteiger partial charge in [0.15, 0.2) is 0 Å². The number of hydrogen-bond donors (Lipinski definition) is 0. The lowest BCUT2D eigenvalue weighted by Crippen LogP contribution is -2.16. The summed E-state index contributed by atoms with van der Waals surface area (Å²) in [6.45, 7) is 4.68. The second-order valence-electron chi connectivity index (χ2n) is 13.0. The Morgan fingerprint density at radius 3 is 1.83 bits per heavy atom. The number of benzene rings is 7. The summed E-state index contributed by atoms with van der Waals surface area (Å²) >= 11 is 0. The van der Waals surface area contributed by atoms with Gasteiger partial charge in [-0.25, -0.2) is 0 Å². The van der Waals surface area contributed by atoms with Crippen molar-refractivity contribution in [2.75, 3.05) is 4.90 Å². The Kier molecular flexibility index (Phi) is 6.20. The summed E-state index contributed by atoms with van der Waals surface area (Å²) in [5, 5.41) is 2.25. The summed E-state index contributed by atoms with van der Waals surface area (Å²) in [4.78, 5) is 2.38. The molecule has 47 heavy (non-hydrogen) atoms. The Morgan fingerprint density at radius 1 is 0.404 bits per heavy atom. The molecule has 2 nitrogen and oxygen atoms in total. The van der Waals surface area contributed by atoms with Crippen molar-refractivity contribution in [1.82, 2.24) is 0 Å². The molecule has 0 aliphatic heterocycles. The van der Waals surface area contributed by atoms with Crippen molar-refractivity contribution in [2.24, 2.45) is 0 Å². The molecule has 0 radical (unpaired) electrons. The molecule has 0 fully saturated rings. The topological polar surface area (TPSA) is 16.4 Å². The van der Waals surface area contributed by atoms with Crippen molar-refractivity contribution in [2.45, 2.75) is 19.3 Å². The van der Waals surface area contributed by atoms with Crippen LogP contribution in [0.1, 0.15) is 25.0 Å². The van der Waals surface area contributed by atoms with Gasteiger partial charge >= 0.3 is 0 Å². The highest BCUT2D eigenvalue weighted by Crippen LogP contribution is 2.51. The van der Waals surface area contributed by atoms with Crippen molar-refractivity contribution < 1.29 is 4.42 Å². The standard InChI is InChI=1S/C45H33NO/c1-45(2)41-17-8-6-15-37(41)38-25-23-36(29-42(38)45)46(35-24-26-44-40(28-35)39-16-7-9-18-43(39)47-44)34-21-19-31(20-22-34)33-14-10-13-32(27-33)30-11-4-3-5-12-30/h3-29H,1-2H3. The molecule has 0 bridgehead atoms. The minimum absolute atomic E-state index is 0.0913. The van der Waals surface area contributed by atoms with Gasteiger partial charge < -0.3 is 9.32 Å². The number of anilines is 3. The van der Waals surface area contributed by atoms with E-state index in [0.717, 1.165) is 39.0 Å². The predicted molar refractivity (Wildman–Crippen MR) is 197 cm³/mol. The SMILES string of the molecule is CC1(C)c2ccccc2-c2ccc(N(c3ccc(-c4cccc(-c5ccccc5)c4)cc3)c3ccc4oc5ccccc5c4c3)cc21. The first-order chi connectivity index (χ1) is 23.0. The second-order valence-corrected chi connectivity index (χ2v) is 13.0. The minimum atomic E-state index is -0.0913. The van der Waals surface area contributed by atoms with Gasteiger partial charge in [0.25, 0.3) is 0 Å². The van der Waals surface area contributed by atoms with Crippen LogP contribution in [0, 0.1) is 0 Å². The molecule has 0 saturated carbocycles. The van der Waals surface area contributed by atoms with Gasteiger partial charge in [-0.1, -0.05) is 123 Å². The molecule has 1 aliphatic rings. The van der Waals surface area contributed by atoms with Crippen LogP contribution in [-0.2, 0) is 5.41 Å². The highest BCUT2D eigenvalue weighted by atomic mass is 16.3. The molecule has 0 atom stereocenters. The summed E-state index contributed by atoms with van der Waals surface area (Å²) in [6, 6.07) is 59.0. The lowest BCUT2D eigenvalue weighted by molar-refractivity contribution is 0.660. The molecule has 0 spiro atoms. The Balaban J connectivity index is 1.18. The molecule has 0 N–H and O–H groups in total. The summed E-state index contributed by atoms with van der Waals surface area (Å²) in [7, 11) is 0. The minimum Gasteiger partial charge on any atom is -0.456 e. The average Bonchev–Trinajstić information content (AvgIpc) is 3.61. The first-order valence-corrected chi connectivity index (χ1v) is 16.3. The zero-order valence-electron chi connectivity index (χ0n) is 26.4. The average molecular weight is 604 g/mol. The van der Waals surface area contributed by atoms with Crippen LogP contribution >= 0.6 is 0 Å². The molecular formula is C45H33NO. The van der Waals surface area contributed by atoms with Crippen LogP contribution < -0.4 is 4.90 Å². The van der Waals surface area contributed by atoms with Crippen molar-refractivity contribution in [3.05, 3.63) is 175 Å². The van der Waals surface area contributed by atoms with Gasteiger partial charge in [0.1, 0.15) is 11.2 Å². The van der Waals surface area contributed by atoms with Gasteiger partial charge in [0.2, 0.25) is 0 Å². The van der Waals surface area contributed by atoms with Crippen molar-refractivity contribution in [3.63, 3.8) is 0 Å². The Hall–Kier alpha value is -5.86. The van der Waals surface area contributed by atoms with Gasteiger partial charge in [0, 0.05) is 33.2 Å². The van der Waals surface area contributed by atoms with Crippen LogP contribution in [0.5, 0.6) is 0 Å². The summed E-state index contributed by atoms with van der Waals surface area (Å²) in [6.07, 6.45) is 0. The third kappa shape index (κ3) is 4.48. The quantitative estimate of drug-likeness (QED) is 0.195. The highest BCUT2D eigenvalue weighted by Gasteiger charge is 2.35. The van der Waals surface area contributed by atoms with E-state index in [0.29, 0.717) is 0 Å². The van der Waals surface area contributed by atoms with E-state index in [1.54, 1.807) is 0 Å². The maximum Gasteiger partial charge on any atom is 0.135 e.